The number of benzene rings is 3. The fourth-order valence-corrected chi connectivity index (χ4v) is 4.00. The maximum Gasteiger partial charge on any atom is 0.196 e. The number of rotatable bonds is 5. The summed E-state index contributed by atoms with van der Waals surface area (Å²) in [5.74, 6) is 1.29. The van der Waals surface area contributed by atoms with Crippen LogP contribution in [0, 0.1) is 19.7 Å². The number of halogens is 1. The molecule has 0 saturated heterocycles. The summed E-state index contributed by atoms with van der Waals surface area (Å²) in [5, 5.41) is 9.79. The molecule has 0 fully saturated rings. The zero-order chi connectivity index (χ0) is 19.5. The van der Waals surface area contributed by atoms with Crippen LogP contribution in [0.4, 0.5) is 4.39 Å². The summed E-state index contributed by atoms with van der Waals surface area (Å²) in [7, 11) is 0. The minimum atomic E-state index is -0.224. The van der Waals surface area contributed by atoms with E-state index in [1.54, 1.807) is 23.9 Å². The molecule has 0 aliphatic heterocycles. The average molecular weight is 389 g/mol. The minimum absolute atomic E-state index is 0.224. The molecule has 140 valence electrons. The Kier molecular flexibility index (Phi) is 5.26. The van der Waals surface area contributed by atoms with E-state index in [1.165, 1.54) is 17.7 Å². The molecule has 4 rings (SSSR count). The molecule has 0 unspecified atom stereocenters. The molecular weight excluding hydrogens is 369 g/mol. The van der Waals surface area contributed by atoms with Crippen molar-refractivity contribution in [1.82, 2.24) is 14.8 Å². The summed E-state index contributed by atoms with van der Waals surface area (Å²) >= 11 is 1.60. The molecule has 0 N–H and O–H groups in total. The predicted molar refractivity (Wildman–Crippen MR) is 112 cm³/mol. The Balaban J connectivity index is 1.76. The van der Waals surface area contributed by atoms with Gasteiger partial charge in [0.15, 0.2) is 11.0 Å². The molecule has 0 saturated carbocycles. The number of hydrogen-bond acceptors (Lipinski definition) is 3. The van der Waals surface area contributed by atoms with E-state index in [2.05, 4.69) is 58.9 Å². The first-order valence-corrected chi connectivity index (χ1v) is 10.1. The van der Waals surface area contributed by atoms with Crippen molar-refractivity contribution in [3.63, 3.8) is 0 Å². The van der Waals surface area contributed by atoms with Crippen molar-refractivity contribution in [2.24, 2.45) is 0 Å². The van der Waals surface area contributed by atoms with Gasteiger partial charge in [0.2, 0.25) is 0 Å². The second kappa shape index (κ2) is 7.98. The monoisotopic (exact) mass is 389 g/mol. The van der Waals surface area contributed by atoms with Crippen LogP contribution in [0.2, 0.25) is 0 Å². The lowest BCUT2D eigenvalue weighted by atomic mass is 10.1. The highest BCUT2D eigenvalue weighted by molar-refractivity contribution is 7.98. The van der Waals surface area contributed by atoms with Gasteiger partial charge in [0.25, 0.3) is 0 Å². The van der Waals surface area contributed by atoms with E-state index in [-0.39, 0.29) is 5.82 Å². The number of aryl methyl sites for hydroxylation is 2. The number of hydrogen-bond donors (Lipinski definition) is 0. The van der Waals surface area contributed by atoms with E-state index in [0.717, 1.165) is 33.4 Å². The standard InChI is InChI=1S/C23H20FN3S/c1-16-6-5-8-19(14-16)22-25-26-23(27(22)21-9-4-3-7-17(21)2)28-15-18-10-12-20(24)13-11-18/h3-14H,15H2,1-2H3. The van der Waals surface area contributed by atoms with E-state index in [1.807, 2.05) is 18.2 Å². The van der Waals surface area contributed by atoms with Crippen LogP contribution in [-0.2, 0) is 5.75 Å². The third-order valence-corrected chi connectivity index (χ3v) is 5.55. The Morgan fingerprint density at radius 1 is 0.893 bits per heavy atom. The van der Waals surface area contributed by atoms with Crippen molar-refractivity contribution < 1.29 is 4.39 Å². The molecular formula is C23H20FN3S. The highest BCUT2D eigenvalue weighted by Crippen LogP contribution is 2.31. The summed E-state index contributed by atoms with van der Waals surface area (Å²) in [5.41, 5.74) is 5.47. The molecule has 3 aromatic carbocycles. The normalized spacial score (nSPS) is 11.0. The highest BCUT2D eigenvalue weighted by Gasteiger charge is 2.17. The Bertz CT molecular complexity index is 1100. The second-order valence-corrected chi connectivity index (χ2v) is 7.66. The smallest absolute Gasteiger partial charge is 0.196 e. The van der Waals surface area contributed by atoms with Crippen molar-refractivity contribution in [2.75, 3.05) is 0 Å². The zero-order valence-electron chi connectivity index (χ0n) is 15.8. The van der Waals surface area contributed by atoms with Crippen LogP contribution in [0.15, 0.2) is 78.0 Å². The van der Waals surface area contributed by atoms with Crippen LogP contribution in [0.3, 0.4) is 0 Å². The largest absolute Gasteiger partial charge is 0.270 e. The lowest BCUT2D eigenvalue weighted by Crippen LogP contribution is -2.02. The Labute approximate surface area is 168 Å². The van der Waals surface area contributed by atoms with Crippen molar-refractivity contribution in [3.05, 3.63) is 95.3 Å². The average Bonchev–Trinajstić information content (AvgIpc) is 3.12. The van der Waals surface area contributed by atoms with Crippen LogP contribution in [-0.4, -0.2) is 14.8 Å². The minimum Gasteiger partial charge on any atom is -0.270 e. The Morgan fingerprint density at radius 3 is 2.43 bits per heavy atom. The molecule has 0 aliphatic carbocycles. The van der Waals surface area contributed by atoms with Crippen molar-refractivity contribution in [3.8, 4) is 17.1 Å². The molecule has 0 amide bonds. The third-order valence-electron chi connectivity index (χ3n) is 4.55. The van der Waals surface area contributed by atoms with Gasteiger partial charge in [0.05, 0.1) is 5.69 Å². The zero-order valence-corrected chi connectivity index (χ0v) is 16.6. The number of nitrogens with zero attached hydrogens (tertiary/aromatic N) is 3. The molecule has 1 heterocycles. The summed E-state index contributed by atoms with van der Waals surface area (Å²) in [4.78, 5) is 0. The van der Waals surface area contributed by atoms with Gasteiger partial charge in [0, 0.05) is 11.3 Å². The second-order valence-electron chi connectivity index (χ2n) is 6.71. The summed E-state index contributed by atoms with van der Waals surface area (Å²) in [6.45, 7) is 4.16. The van der Waals surface area contributed by atoms with Gasteiger partial charge < -0.3 is 0 Å². The number of para-hydroxylation sites is 1. The SMILES string of the molecule is Cc1cccc(-c2nnc(SCc3ccc(F)cc3)n2-c2ccccc2C)c1. The quantitative estimate of drug-likeness (QED) is 0.393. The van der Waals surface area contributed by atoms with Crippen molar-refractivity contribution >= 4 is 11.8 Å². The van der Waals surface area contributed by atoms with Crippen molar-refractivity contribution in [1.29, 1.82) is 0 Å². The first-order valence-electron chi connectivity index (χ1n) is 9.07. The first-order chi connectivity index (χ1) is 13.6. The fourth-order valence-electron chi connectivity index (χ4n) is 3.09. The van der Waals surface area contributed by atoms with Crippen LogP contribution in [0.5, 0.6) is 0 Å². The molecule has 28 heavy (non-hydrogen) atoms. The summed E-state index contributed by atoms with van der Waals surface area (Å²) in [6.07, 6.45) is 0. The maximum absolute atomic E-state index is 13.2. The molecule has 0 atom stereocenters. The lowest BCUT2D eigenvalue weighted by molar-refractivity contribution is 0.627. The highest BCUT2D eigenvalue weighted by atomic mass is 32.2. The lowest BCUT2D eigenvalue weighted by Gasteiger charge is -2.13. The first kappa shape index (κ1) is 18.4. The van der Waals surface area contributed by atoms with Gasteiger partial charge in [-0.05, 0) is 49.2 Å². The van der Waals surface area contributed by atoms with Crippen LogP contribution < -0.4 is 0 Å². The Morgan fingerprint density at radius 2 is 1.68 bits per heavy atom. The molecule has 1 aromatic heterocycles. The van der Waals surface area contributed by atoms with E-state index in [9.17, 15) is 4.39 Å². The molecule has 0 spiro atoms. The number of aromatic nitrogens is 3. The van der Waals surface area contributed by atoms with Crippen LogP contribution in [0.1, 0.15) is 16.7 Å². The van der Waals surface area contributed by atoms with Gasteiger partial charge in [0.1, 0.15) is 5.82 Å². The molecule has 0 bridgehead atoms. The van der Waals surface area contributed by atoms with Crippen molar-refractivity contribution in [2.45, 2.75) is 24.8 Å². The van der Waals surface area contributed by atoms with Gasteiger partial charge in [-0.2, -0.15) is 0 Å². The van der Waals surface area contributed by atoms with E-state index >= 15 is 0 Å². The molecule has 5 heteroatoms. The van der Waals surface area contributed by atoms with Crippen LogP contribution in [0.25, 0.3) is 17.1 Å². The van der Waals surface area contributed by atoms with Gasteiger partial charge in [-0.3, -0.25) is 4.57 Å². The molecule has 3 nitrogen and oxygen atoms in total. The molecule has 0 radical (unpaired) electrons. The summed E-state index contributed by atoms with van der Waals surface area (Å²) in [6, 6.07) is 23.1. The number of thioether (sulfide) groups is 1. The van der Waals surface area contributed by atoms with Gasteiger partial charge in [-0.15, -0.1) is 10.2 Å². The van der Waals surface area contributed by atoms with Gasteiger partial charge in [-0.1, -0.05) is 65.9 Å². The van der Waals surface area contributed by atoms with Crippen LogP contribution >= 0.6 is 11.8 Å². The van der Waals surface area contributed by atoms with E-state index < -0.39 is 0 Å². The van der Waals surface area contributed by atoms with E-state index in [4.69, 9.17) is 0 Å². The van der Waals surface area contributed by atoms with E-state index in [0.29, 0.717) is 5.75 Å². The maximum atomic E-state index is 13.2. The fraction of sp³-hybridized carbons (Fsp3) is 0.130. The van der Waals surface area contributed by atoms with Gasteiger partial charge in [-0.25, -0.2) is 4.39 Å². The Hall–Kier alpha value is -2.92. The topological polar surface area (TPSA) is 30.7 Å². The third kappa shape index (κ3) is 3.85. The van der Waals surface area contributed by atoms with Gasteiger partial charge >= 0.3 is 0 Å². The molecule has 4 aromatic rings. The molecule has 0 aliphatic rings. The summed E-state index contributed by atoms with van der Waals surface area (Å²) < 4.78 is 15.3. The predicted octanol–water partition coefficient (Wildman–Crippen LogP) is 5.98.